The maximum atomic E-state index is 12.6. The van der Waals surface area contributed by atoms with Crippen LogP contribution in [0.15, 0.2) is 54.7 Å². The number of benzene rings is 2. The molecule has 0 saturated heterocycles. The first-order valence-corrected chi connectivity index (χ1v) is 7.84. The highest BCUT2D eigenvalue weighted by molar-refractivity contribution is 6.12. The molecule has 3 rings (SSSR count). The summed E-state index contributed by atoms with van der Waals surface area (Å²) < 4.78 is 1.98. The Hall–Kier alpha value is -3.08. The molecule has 5 heteroatoms. The largest absolute Gasteiger partial charge is 0.351 e. The predicted molar refractivity (Wildman–Crippen MR) is 96.2 cm³/mol. The van der Waals surface area contributed by atoms with Crippen LogP contribution < -0.4 is 10.6 Å². The van der Waals surface area contributed by atoms with E-state index in [0.29, 0.717) is 23.4 Å². The minimum absolute atomic E-state index is 0.0393. The summed E-state index contributed by atoms with van der Waals surface area (Å²) in [6, 6.07) is 14.7. The SMILES string of the molecule is CCC(=O)Nc1ccc(NC(=O)c2cccc3c2ccn3C)cc1. The highest BCUT2D eigenvalue weighted by Gasteiger charge is 2.11. The summed E-state index contributed by atoms with van der Waals surface area (Å²) >= 11 is 0. The van der Waals surface area contributed by atoms with Crippen LogP contribution >= 0.6 is 0 Å². The Balaban J connectivity index is 1.78. The second-order valence-electron chi connectivity index (χ2n) is 5.60. The van der Waals surface area contributed by atoms with Crippen molar-refractivity contribution in [3.8, 4) is 0 Å². The molecule has 2 amide bonds. The fourth-order valence-electron chi connectivity index (χ4n) is 2.59. The van der Waals surface area contributed by atoms with Crippen LogP contribution in [0.2, 0.25) is 0 Å². The van der Waals surface area contributed by atoms with Crippen molar-refractivity contribution in [3.05, 3.63) is 60.3 Å². The van der Waals surface area contributed by atoms with Crippen molar-refractivity contribution in [1.82, 2.24) is 4.57 Å². The van der Waals surface area contributed by atoms with Crippen LogP contribution in [0.1, 0.15) is 23.7 Å². The number of nitrogens with one attached hydrogen (secondary N) is 2. The standard InChI is InChI=1S/C19H19N3O2/c1-3-18(23)20-13-7-9-14(10-8-13)21-19(24)16-5-4-6-17-15(16)11-12-22(17)2/h4-12H,3H2,1-2H3,(H,20,23)(H,21,24). The first-order chi connectivity index (χ1) is 11.6. The summed E-state index contributed by atoms with van der Waals surface area (Å²) in [7, 11) is 1.95. The number of fused-ring (bicyclic) bond motifs is 1. The third-order valence-corrected chi connectivity index (χ3v) is 3.92. The second-order valence-corrected chi connectivity index (χ2v) is 5.60. The van der Waals surface area contributed by atoms with Crippen LogP contribution in [0.3, 0.4) is 0 Å². The Morgan fingerprint density at radius 1 is 0.958 bits per heavy atom. The Morgan fingerprint density at radius 2 is 1.62 bits per heavy atom. The molecule has 1 heterocycles. The molecular weight excluding hydrogens is 302 g/mol. The zero-order valence-electron chi connectivity index (χ0n) is 13.7. The number of carbonyl (C=O) groups excluding carboxylic acids is 2. The number of aryl methyl sites for hydroxylation is 1. The maximum Gasteiger partial charge on any atom is 0.256 e. The molecule has 0 saturated carbocycles. The van der Waals surface area contributed by atoms with E-state index in [1.165, 1.54) is 0 Å². The Bertz CT molecular complexity index is 895. The molecular formula is C19H19N3O2. The van der Waals surface area contributed by atoms with Gasteiger partial charge in [-0.25, -0.2) is 0 Å². The molecule has 24 heavy (non-hydrogen) atoms. The molecule has 0 aliphatic heterocycles. The van der Waals surface area contributed by atoms with Crippen molar-refractivity contribution in [1.29, 1.82) is 0 Å². The van der Waals surface area contributed by atoms with Gasteiger partial charge in [0, 0.05) is 47.5 Å². The van der Waals surface area contributed by atoms with Gasteiger partial charge in [0.1, 0.15) is 0 Å². The van der Waals surface area contributed by atoms with Crippen molar-refractivity contribution < 1.29 is 9.59 Å². The Morgan fingerprint density at radius 3 is 2.29 bits per heavy atom. The fourth-order valence-corrected chi connectivity index (χ4v) is 2.59. The quantitative estimate of drug-likeness (QED) is 0.768. The van der Waals surface area contributed by atoms with Gasteiger partial charge in [-0.1, -0.05) is 13.0 Å². The summed E-state index contributed by atoms with van der Waals surface area (Å²) in [5.74, 6) is -0.195. The summed E-state index contributed by atoms with van der Waals surface area (Å²) in [6.45, 7) is 1.80. The van der Waals surface area contributed by atoms with Crippen LogP contribution in [0.4, 0.5) is 11.4 Å². The number of nitrogens with zero attached hydrogens (tertiary/aromatic N) is 1. The Kier molecular flexibility index (Phi) is 4.33. The number of hydrogen-bond donors (Lipinski definition) is 2. The van der Waals surface area contributed by atoms with E-state index in [4.69, 9.17) is 0 Å². The normalized spacial score (nSPS) is 10.6. The van der Waals surface area contributed by atoms with Crippen molar-refractivity contribution in [3.63, 3.8) is 0 Å². The monoisotopic (exact) mass is 321 g/mol. The molecule has 1 aromatic heterocycles. The average molecular weight is 321 g/mol. The molecule has 122 valence electrons. The van der Waals surface area contributed by atoms with Crippen LogP contribution in [0.5, 0.6) is 0 Å². The van der Waals surface area contributed by atoms with Crippen LogP contribution in [0, 0.1) is 0 Å². The molecule has 5 nitrogen and oxygen atoms in total. The number of carbonyl (C=O) groups is 2. The predicted octanol–water partition coefficient (Wildman–Crippen LogP) is 3.78. The fraction of sp³-hybridized carbons (Fsp3) is 0.158. The number of amides is 2. The van der Waals surface area contributed by atoms with E-state index in [-0.39, 0.29) is 11.8 Å². The number of hydrogen-bond acceptors (Lipinski definition) is 2. The summed E-state index contributed by atoms with van der Waals surface area (Å²) in [5.41, 5.74) is 3.05. The van der Waals surface area contributed by atoms with E-state index in [0.717, 1.165) is 10.9 Å². The summed E-state index contributed by atoms with van der Waals surface area (Å²) in [6.07, 6.45) is 2.37. The third kappa shape index (κ3) is 3.15. The number of rotatable bonds is 4. The van der Waals surface area contributed by atoms with Gasteiger partial charge in [0.25, 0.3) is 5.91 Å². The third-order valence-electron chi connectivity index (χ3n) is 3.92. The van der Waals surface area contributed by atoms with Gasteiger partial charge in [0.05, 0.1) is 0 Å². The van der Waals surface area contributed by atoms with Gasteiger partial charge < -0.3 is 15.2 Å². The van der Waals surface area contributed by atoms with Crippen molar-refractivity contribution in [2.45, 2.75) is 13.3 Å². The van der Waals surface area contributed by atoms with Gasteiger partial charge in [-0.2, -0.15) is 0 Å². The lowest BCUT2D eigenvalue weighted by Crippen LogP contribution is -2.13. The van der Waals surface area contributed by atoms with Gasteiger partial charge in [0.2, 0.25) is 5.91 Å². The van der Waals surface area contributed by atoms with Crippen molar-refractivity contribution in [2.75, 3.05) is 10.6 Å². The summed E-state index contributed by atoms with van der Waals surface area (Å²) in [4.78, 5) is 23.9. The number of aromatic nitrogens is 1. The van der Waals surface area contributed by atoms with Gasteiger partial charge in [-0.3, -0.25) is 9.59 Å². The molecule has 3 aromatic rings. The van der Waals surface area contributed by atoms with Crippen molar-refractivity contribution >= 4 is 34.1 Å². The van der Waals surface area contributed by atoms with Gasteiger partial charge in [0.15, 0.2) is 0 Å². The minimum Gasteiger partial charge on any atom is -0.351 e. The molecule has 2 N–H and O–H groups in total. The lowest BCUT2D eigenvalue weighted by molar-refractivity contribution is -0.115. The molecule has 0 aliphatic carbocycles. The molecule has 0 aliphatic rings. The second kappa shape index (κ2) is 6.58. The first kappa shape index (κ1) is 15.8. The van der Waals surface area contributed by atoms with Crippen LogP contribution in [-0.4, -0.2) is 16.4 Å². The lowest BCUT2D eigenvalue weighted by Gasteiger charge is -2.08. The smallest absolute Gasteiger partial charge is 0.256 e. The topological polar surface area (TPSA) is 63.1 Å². The first-order valence-electron chi connectivity index (χ1n) is 7.84. The van der Waals surface area contributed by atoms with Crippen LogP contribution in [-0.2, 0) is 11.8 Å². The van der Waals surface area contributed by atoms with Crippen LogP contribution in [0.25, 0.3) is 10.9 Å². The van der Waals surface area contributed by atoms with E-state index in [1.807, 2.05) is 42.1 Å². The average Bonchev–Trinajstić information content (AvgIpc) is 2.98. The number of anilines is 2. The van der Waals surface area contributed by atoms with E-state index in [2.05, 4.69) is 10.6 Å². The Labute approximate surface area is 140 Å². The molecule has 2 aromatic carbocycles. The minimum atomic E-state index is -0.155. The molecule has 0 bridgehead atoms. The zero-order chi connectivity index (χ0) is 17.1. The molecule has 0 fully saturated rings. The molecule has 0 atom stereocenters. The molecule has 0 unspecified atom stereocenters. The summed E-state index contributed by atoms with van der Waals surface area (Å²) in [5, 5.41) is 6.59. The maximum absolute atomic E-state index is 12.6. The van der Waals surface area contributed by atoms with Gasteiger partial charge in [-0.15, -0.1) is 0 Å². The van der Waals surface area contributed by atoms with E-state index >= 15 is 0 Å². The lowest BCUT2D eigenvalue weighted by atomic mass is 10.1. The zero-order valence-corrected chi connectivity index (χ0v) is 13.7. The highest BCUT2D eigenvalue weighted by atomic mass is 16.2. The van der Waals surface area contributed by atoms with E-state index in [9.17, 15) is 9.59 Å². The van der Waals surface area contributed by atoms with Crippen molar-refractivity contribution in [2.24, 2.45) is 7.05 Å². The molecule has 0 radical (unpaired) electrons. The van der Waals surface area contributed by atoms with E-state index in [1.54, 1.807) is 31.2 Å². The van der Waals surface area contributed by atoms with Gasteiger partial charge >= 0.3 is 0 Å². The van der Waals surface area contributed by atoms with Gasteiger partial charge in [-0.05, 0) is 42.5 Å². The molecule has 0 spiro atoms. The highest BCUT2D eigenvalue weighted by Crippen LogP contribution is 2.21. The van der Waals surface area contributed by atoms with E-state index < -0.39 is 0 Å².